The van der Waals surface area contributed by atoms with Crippen molar-refractivity contribution in [3.8, 4) is 0 Å². The molecule has 0 radical (unpaired) electrons. The maximum Gasteiger partial charge on any atom is 0.0813 e. The van der Waals surface area contributed by atoms with Gasteiger partial charge in [0.2, 0.25) is 0 Å². The second-order valence-corrected chi connectivity index (χ2v) is 2.71. The summed E-state index contributed by atoms with van der Waals surface area (Å²) in [6, 6.07) is 0. The molecule has 4 heteroatoms. The van der Waals surface area contributed by atoms with Gasteiger partial charge in [-0.25, -0.2) is 0 Å². The maximum atomic E-state index is 3.94. The van der Waals surface area contributed by atoms with Gasteiger partial charge in [0, 0.05) is 6.54 Å². The summed E-state index contributed by atoms with van der Waals surface area (Å²) in [4.78, 5) is 2.15. The van der Waals surface area contributed by atoms with Crippen molar-refractivity contribution in [3.63, 3.8) is 0 Å². The van der Waals surface area contributed by atoms with Crippen LogP contribution in [0.15, 0.2) is 10.3 Å². The van der Waals surface area contributed by atoms with E-state index in [1.54, 1.807) is 0 Å². The van der Waals surface area contributed by atoms with Crippen LogP contribution in [-0.4, -0.2) is 50.2 Å². The molecule has 1 rings (SSSR count). The molecule has 1 aliphatic rings. The van der Waals surface area contributed by atoms with Crippen LogP contribution in [0.5, 0.6) is 0 Å². The predicted octanol–water partition coefficient (Wildman–Crippen LogP) is 0.231. The van der Waals surface area contributed by atoms with Crippen molar-refractivity contribution < 1.29 is 0 Å². The minimum Gasteiger partial charge on any atom is -0.308 e. The van der Waals surface area contributed by atoms with E-state index in [2.05, 4.69) is 29.3 Å². The van der Waals surface area contributed by atoms with Crippen LogP contribution in [0.3, 0.4) is 0 Å². The van der Waals surface area contributed by atoms with Crippen LogP contribution in [0.4, 0.5) is 0 Å². The molecular formula is C6H14N4. The molecule has 10 heavy (non-hydrogen) atoms. The molecule has 0 aromatic carbocycles. The first-order valence-electron chi connectivity index (χ1n) is 3.56. The molecular weight excluding hydrogens is 128 g/mol. The zero-order valence-corrected chi connectivity index (χ0v) is 6.62. The van der Waals surface area contributed by atoms with Crippen LogP contribution in [0, 0.1) is 0 Å². The molecule has 1 heterocycles. The fraction of sp³-hybridized carbons (Fsp3) is 1.00. The van der Waals surface area contributed by atoms with Gasteiger partial charge in [-0.2, -0.15) is 5.11 Å². The first kappa shape index (κ1) is 7.47. The third-order valence-electron chi connectivity index (χ3n) is 1.45. The minimum atomic E-state index is 0.868. The summed E-state index contributed by atoms with van der Waals surface area (Å²) in [5.74, 6) is 0. The van der Waals surface area contributed by atoms with Gasteiger partial charge in [0.05, 0.1) is 19.6 Å². The standard InChI is InChI=1S/C6H14N4/c1-9(2)5-6-10-4-3-7-8-10/h3-6H2,1-2H3. The minimum absolute atomic E-state index is 0.868. The third-order valence-corrected chi connectivity index (χ3v) is 1.45. The summed E-state index contributed by atoms with van der Waals surface area (Å²) in [7, 11) is 4.13. The van der Waals surface area contributed by atoms with Gasteiger partial charge < -0.3 is 4.90 Å². The number of rotatable bonds is 3. The van der Waals surface area contributed by atoms with Crippen molar-refractivity contribution in [1.82, 2.24) is 9.91 Å². The lowest BCUT2D eigenvalue weighted by Crippen LogP contribution is -2.27. The normalized spacial score (nSPS) is 17.3. The summed E-state index contributed by atoms with van der Waals surface area (Å²) < 4.78 is 0. The van der Waals surface area contributed by atoms with Gasteiger partial charge >= 0.3 is 0 Å². The van der Waals surface area contributed by atoms with Crippen molar-refractivity contribution in [2.45, 2.75) is 0 Å². The Kier molecular flexibility index (Phi) is 2.62. The highest BCUT2D eigenvalue weighted by Gasteiger charge is 2.05. The van der Waals surface area contributed by atoms with Gasteiger partial charge in [-0.3, -0.25) is 5.01 Å². The maximum absolute atomic E-state index is 3.94. The van der Waals surface area contributed by atoms with Crippen molar-refractivity contribution in [2.75, 3.05) is 40.3 Å². The third kappa shape index (κ3) is 2.31. The Morgan fingerprint density at radius 2 is 2.30 bits per heavy atom. The summed E-state index contributed by atoms with van der Waals surface area (Å²) in [5, 5.41) is 9.81. The molecule has 0 spiro atoms. The zero-order valence-electron chi connectivity index (χ0n) is 6.62. The van der Waals surface area contributed by atoms with Crippen LogP contribution >= 0.6 is 0 Å². The van der Waals surface area contributed by atoms with Crippen LogP contribution in [0.2, 0.25) is 0 Å². The Bertz CT molecular complexity index is 121. The first-order chi connectivity index (χ1) is 4.79. The molecule has 0 saturated heterocycles. The molecule has 0 amide bonds. The lowest BCUT2D eigenvalue weighted by molar-refractivity contribution is 0.271. The molecule has 0 fully saturated rings. The first-order valence-corrected chi connectivity index (χ1v) is 3.56. The van der Waals surface area contributed by atoms with Crippen LogP contribution in [0.25, 0.3) is 0 Å². The van der Waals surface area contributed by atoms with E-state index in [1.807, 2.05) is 5.01 Å². The van der Waals surface area contributed by atoms with Gasteiger partial charge in [0.1, 0.15) is 0 Å². The second-order valence-electron chi connectivity index (χ2n) is 2.71. The Balaban J connectivity index is 2.08. The smallest absolute Gasteiger partial charge is 0.0813 e. The molecule has 0 unspecified atom stereocenters. The van der Waals surface area contributed by atoms with Gasteiger partial charge in [-0.15, -0.1) is 0 Å². The summed E-state index contributed by atoms with van der Waals surface area (Å²) in [6.45, 7) is 3.91. The molecule has 0 N–H and O–H groups in total. The SMILES string of the molecule is CN(C)CCN1CCN=N1. The summed E-state index contributed by atoms with van der Waals surface area (Å²) in [6.07, 6.45) is 0. The Morgan fingerprint density at radius 3 is 2.80 bits per heavy atom. The van der Waals surface area contributed by atoms with E-state index in [4.69, 9.17) is 0 Å². The van der Waals surface area contributed by atoms with E-state index < -0.39 is 0 Å². The van der Waals surface area contributed by atoms with Crippen LogP contribution in [0.1, 0.15) is 0 Å². The molecule has 0 aromatic heterocycles. The van der Waals surface area contributed by atoms with Crippen molar-refractivity contribution in [2.24, 2.45) is 10.3 Å². The molecule has 58 valence electrons. The summed E-state index contributed by atoms with van der Waals surface area (Å²) >= 11 is 0. The molecule has 0 aromatic rings. The quantitative estimate of drug-likeness (QED) is 0.565. The Labute approximate surface area is 61.5 Å². The van der Waals surface area contributed by atoms with E-state index in [1.165, 1.54) is 0 Å². The average Bonchev–Trinajstić information content (AvgIpc) is 2.34. The van der Waals surface area contributed by atoms with Crippen LogP contribution < -0.4 is 0 Å². The van der Waals surface area contributed by atoms with Gasteiger partial charge in [0.25, 0.3) is 0 Å². The number of hydrogen-bond acceptors (Lipinski definition) is 4. The molecule has 0 aliphatic carbocycles. The molecule has 1 aliphatic heterocycles. The van der Waals surface area contributed by atoms with Crippen molar-refractivity contribution >= 4 is 0 Å². The predicted molar refractivity (Wildman–Crippen MR) is 39.9 cm³/mol. The lowest BCUT2D eigenvalue weighted by Gasteiger charge is -2.14. The number of hydrogen-bond donors (Lipinski definition) is 0. The zero-order chi connectivity index (χ0) is 7.40. The summed E-state index contributed by atoms with van der Waals surface area (Å²) in [5.41, 5.74) is 0. The fourth-order valence-electron chi connectivity index (χ4n) is 0.811. The second kappa shape index (κ2) is 3.51. The fourth-order valence-corrected chi connectivity index (χ4v) is 0.811. The highest BCUT2D eigenvalue weighted by molar-refractivity contribution is 4.59. The molecule has 0 bridgehead atoms. The molecule has 0 atom stereocenters. The topological polar surface area (TPSA) is 31.2 Å². The monoisotopic (exact) mass is 142 g/mol. The van der Waals surface area contributed by atoms with E-state index in [0.717, 1.165) is 26.2 Å². The highest BCUT2D eigenvalue weighted by atomic mass is 15.6. The molecule has 0 saturated carbocycles. The van der Waals surface area contributed by atoms with E-state index in [0.29, 0.717) is 0 Å². The lowest BCUT2D eigenvalue weighted by atomic mass is 10.5. The average molecular weight is 142 g/mol. The number of likely N-dealkylation sites (N-methyl/N-ethyl adjacent to an activating group) is 1. The van der Waals surface area contributed by atoms with Gasteiger partial charge in [-0.05, 0) is 14.1 Å². The van der Waals surface area contributed by atoms with E-state index in [9.17, 15) is 0 Å². The van der Waals surface area contributed by atoms with Crippen molar-refractivity contribution in [1.29, 1.82) is 0 Å². The Morgan fingerprint density at radius 1 is 1.50 bits per heavy atom. The largest absolute Gasteiger partial charge is 0.308 e. The van der Waals surface area contributed by atoms with E-state index in [-0.39, 0.29) is 0 Å². The van der Waals surface area contributed by atoms with Crippen molar-refractivity contribution in [3.05, 3.63) is 0 Å². The highest BCUT2D eigenvalue weighted by Crippen LogP contribution is 1.98. The number of nitrogens with zero attached hydrogens (tertiary/aromatic N) is 4. The Hall–Kier alpha value is -0.640. The van der Waals surface area contributed by atoms with E-state index >= 15 is 0 Å². The van der Waals surface area contributed by atoms with Crippen LogP contribution in [-0.2, 0) is 0 Å². The van der Waals surface area contributed by atoms with Gasteiger partial charge in [-0.1, -0.05) is 5.22 Å². The molecule has 4 nitrogen and oxygen atoms in total. The van der Waals surface area contributed by atoms with Gasteiger partial charge in [0.15, 0.2) is 0 Å².